The maximum Gasteiger partial charge on any atom is 0.361 e. The van der Waals surface area contributed by atoms with E-state index in [9.17, 15) is 24.9 Å². The molecule has 3 heterocycles. The number of hydrogen-bond donors (Lipinski definition) is 4. The van der Waals surface area contributed by atoms with Crippen LogP contribution in [0.5, 0.6) is 0 Å². The van der Waals surface area contributed by atoms with Crippen LogP contribution in [0.25, 0.3) is 11.2 Å². The van der Waals surface area contributed by atoms with Crippen LogP contribution in [0.1, 0.15) is 6.92 Å². The number of aromatic nitrogens is 4. The van der Waals surface area contributed by atoms with Crippen LogP contribution in [0.15, 0.2) is 17.4 Å². The Morgan fingerprint density at radius 3 is 2.76 bits per heavy atom. The third kappa shape index (κ3) is 1.63. The third-order valence-corrected chi connectivity index (χ3v) is 3.58. The molecule has 112 valence electrons. The summed E-state index contributed by atoms with van der Waals surface area (Å²) in [5, 5.41) is 29.5. The molecule has 1 aliphatic heterocycles. The first-order chi connectivity index (χ1) is 9.89. The highest BCUT2D eigenvalue weighted by atomic mass is 16.6. The Morgan fingerprint density at radius 1 is 1.48 bits per heavy atom. The van der Waals surface area contributed by atoms with Crippen LogP contribution in [0.3, 0.4) is 0 Å². The van der Waals surface area contributed by atoms with Crippen molar-refractivity contribution in [1.29, 1.82) is 0 Å². The molecule has 0 unspecified atom stereocenters. The van der Waals surface area contributed by atoms with Crippen LogP contribution in [0.2, 0.25) is 0 Å². The minimum atomic E-state index is -2.30. The molecule has 21 heavy (non-hydrogen) atoms. The van der Waals surface area contributed by atoms with Crippen molar-refractivity contribution in [3.63, 3.8) is 0 Å². The van der Waals surface area contributed by atoms with Crippen LogP contribution in [-0.4, -0.2) is 59.1 Å². The SMILES string of the molecule is C[C@H]1O[C@@](C(=O)O)(n2cnc3c(=O)[nH]cnc32)[C@H](O)[C@@H]1O. The molecule has 1 fully saturated rings. The molecular formula is C11H12N4O6. The van der Waals surface area contributed by atoms with Crippen molar-refractivity contribution in [3.05, 3.63) is 23.0 Å². The molecule has 0 radical (unpaired) electrons. The molecule has 2 aromatic rings. The van der Waals surface area contributed by atoms with Gasteiger partial charge in [0, 0.05) is 0 Å². The summed E-state index contributed by atoms with van der Waals surface area (Å²) in [6.45, 7) is 1.43. The number of imidazole rings is 1. The Kier molecular flexibility index (Phi) is 2.83. The van der Waals surface area contributed by atoms with Gasteiger partial charge in [-0.2, -0.15) is 0 Å². The summed E-state index contributed by atoms with van der Waals surface area (Å²) < 4.78 is 6.24. The Morgan fingerprint density at radius 2 is 2.19 bits per heavy atom. The van der Waals surface area contributed by atoms with E-state index in [-0.39, 0.29) is 11.2 Å². The van der Waals surface area contributed by atoms with Crippen LogP contribution >= 0.6 is 0 Å². The number of nitrogens with one attached hydrogen (secondary N) is 1. The molecule has 2 aromatic heterocycles. The van der Waals surface area contributed by atoms with E-state index in [1.165, 1.54) is 6.92 Å². The maximum absolute atomic E-state index is 11.7. The van der Waals surface area contributed by atoms with Crippen LogP contribution in [0.4, 0.5) is 0 Å². The second kappa shape index (κ2) is 4.35. The fraction of sp³-hybridized carbons (Fsp3) is 0.455. The first-order valence-electron chi connectivity index (χ1n) is 6.08. The largest absolute Gasteiger partial charge is 0.478 e. The van der Waals surface area contributed by atoms with E-state index in [0.29, 0.717) is 0 Å². The monoisotopic (exact) mass is 296 g/mol. The van der Waals surface area contributed by atoms with Crippen molar-refractivity contribution < 1.29 is 24.9 Å². The van der Waals surface area contributed by atoms with Gasteiger partial charge in [0.25, 0.3) is 11.3 Å². The summed E-state index contributed by atoms with van der Waals surface area (Å²) in [5.41, 5.74) is -3.01. The molecule has 0 amide bonds. The van der Waals surface area contributed by atoms with E-state index in [0.717, 1.165) is 17.2 Å². The number of hydrogen-bond acceptors (Lipinski definition) is 7. The lowest BCUT2D eigenvalue weighted by molar-refractivity contribution is -0.191. The number of H-pyrrole nitrogens is 1. The smallest absolute Gasteiger partial charge is 0.361 e. The lowest BCUT2D eigenvalue weighted by Crippen LogP contribution is -2.51. The van der Waals surface area contributed by atoms with Crippen molar-refractivity contribution in [2.45, 2.75) is 31.0 Å². The number of aromatic amines is 1. The average molecular weight is 296 g/mol. The molecule has 0 bridgehead atoms. The highest BCUT2D eigenvalue weighted by Gasteiger charge is 2.60. The fourth-order valence-corrected chi connectivity index (χ4v) is 2.48. The molecule has 0 spiro atoms. The second-order valence-electron chi connectivity index (χ2n) is 4.78. The van der Waals surface area contributed by atoms with Crippen LogP contribution in [0, 0.1) is 0 Å². The maximum atomic E-state index is 11.7. The number of ether oxygens (including phenoxy) is 1. The Bertz CT molecular complexity index is 769. The molecule has 0 saturated carbocycles. The lowest BCUT2D eigenvalue weighted by atomic mass is 10.0. The number of carbonyl (C=O) groups is 1. The Labute approximate surface area is 116 Å². The van der Waals surface area contributed by atoms with Crippen LogP contribution in [-0.2, 0) is 15.3 Å². The zero-order valence-electron chi connectivity index (χ0n) is 10.8. The molecule has 4 N–H and O–H groups in total. The predicted octanol–water partition coefficient (Wildman–Crippen LogP) is -2.00. The van der Waals surface area contributed by atoms with Gasteiger partial charge < -0.3 is 25.0 Å². The van der Waals surface area contributed by atoms with Gasteiger partial charge >= 0.3 is 5.97 Å². The number of rotatable bonds is 2. The van der Waals surface area contributed by atoms with E-state index in [2.05, 4.69) is 15.0 Å². The molecule has 0 aromatic carbocycles. The quantitative estimate of drug-likeness (QED) is 0.496. The number of carboxylic acids is 1. The summed E-state index contributed by atoms with van der Waals surface area (Å²) >= 11 is 0. The fourth-order valence-electron chi connectivity index (χ4n) is 2.48. The number of fused-ring (bicyclic) bond motifs is 1. The normalized spacial score (nSPS) is 32.6. The van der Waals surface area contributed by atoms with E-state index < -0.39 is 35.6 Å². The van der Waals surface area contributed by atoms with E-state index in [1.54, 1.807) is 0 Å². The second-order valence-corrected chi connectivity index (χ2v) is 4.78. The van der Waals surface area contributed by atoms with Gasteiger partial charge in [-0.25, -0.2) is 14.8 Å². The zero-order valence-corrected chi connectivity index (χ0v) is 10.8. The van der Waals surface area contributed by atoms with Gasteiger partial charge in [-0.05, 0) is 6.92 Å². The van der Waals surface area contributed by atoms with Gasteiger partial charge in [0.05, 0.1) is 12.4 Å². The molecule has 1 aliphatic rings. The molecule has 3 rings (SSSR count). The van der Waals surface area contributed by atoms with Crippen molar-refractivity contribution in [3.8, 4) is 0 Å². The van der Waals surface area contributed by atoms with Gasteiger partial charge in [0.1, 0.15) is 18.5 Å². The molecule has 1 saturated heterocycles. The minimum absolute atomic E-state index is 0.0681. The summed E-state index contributed by atoms with van der Waals surface area (Å²) in [5.74, 6) is -1.53. The first-order valence-corrected chi connectivity index (χ1v) is 6.08. The number of aliphatic carboxylic acids is 1. The first kappa shape index (κ1) is 13.7. The van der Waals surface area contributed by atoms with Gasteiger partial charge in [-0.3, -0.25) is 9.36 Å². The highest BCUT2D eigenvalue weighted by molar-refractivity contribution is 5.80. The van der Waals surface area contributed by atoms with Crippen molar-refractivity contribution in [2.75, 3.05) is 0 Å². The molecule has 10 heteroatoms. The van der Waals surface area contributed by atoms with Crippen molar-refractivity contribution in [2.24, 2.45) is 0 Å². The predicted molar refractivity (Wildman–Crippen MR) is 66.3 cm³/mol. The zero-order chi connectivity index (χ0) is 15.4. The van der Waals surface area contributed by atoms with Crippen LogP contribution < -0.4 is 5.56 Å². The van der Waals surface area contributed by atoms with Crippen molar-refractivity contribution >= 4 is 17.1 Å². The summed E-state index contributed by atoms with van der Waals surface area (Å²) in [6, 6.07) is 0. The van der Waals surface area contributed by atoms with Gasteiger partial charge in [-0.1, -0.05) is 0 Å². The van der Waals surface area contributed by atoms with E-state index in [4.69, 9.17) is 4.74 Å². The molecule has 10 nitrogen and oxygen atoms in total. The van der Waals surface area contributed by atoms with E-state index >= 15 is 0 Å². The Hall–Kier alpha value is -2.30. The Balaban J connectivity index is 2.30. The number of aliphatic hydroxyl groups excluding tert-OH is 2. The topological polar surface area (TPSA) is 151 Å². The summed E-state index contributed by atoms with van der Waals surface area (Å²) in [7, 11) is 0. The summed E-state index contributed by atoms with van der Waals surface area (Å²) in [6.07, 6.45) is -1.95. The van der Waals surface area contributed by atoms with Crippen molar-refractivity contribution in [1.82, 2.24) is 19.5 Å². The standard InChI is InChI=1S/C11H12N4O6/c1-4-6(16)7(17)11(21-4,10(19)20)15-3-14-5-8(15)12-2-13-9(5)18/h2-4,6-7,16-17H,1H3,(H,19,20)(H,12,13,18)/t4-,6-,7-,11+/m1/s1. The van der Waals surface area contributed by atoms with Gasteiger partial charge in [0.15, 0.2) is 11.2 Å². The molecular weight excluding hydrogens is 284 g/mol. The number of aliphatic hydroxyl groups is 2. The highest BCUT2D eigenvalue weighted by Crippen LogP contribution is 2.37. The lowest BCUT2D eigenvalue weighted by Gasteiger charge is -2.28. The molecule has 4 atom stereocenters. The van der Waals surface area contributed by atoms with Gasteiger partial charge in [-0.15, -0.1) is 0 Å². The minimum Gasteiger partial charge on any atom is -0.478 e. The number of carboxylic acid groups (broad SMARTS) is 1. The number of nitrogens with zero attached hydrogens (tertiary/aromatic N) is 3. The van der Waals surface area contributed by atoms with E-state index in [1.807, 2.05) is 0 Å². The summed E-state index contributed by atoms with van der Waals surface area (Å²) in [4.78, 5) is 33.3. The third-order valence-electron chi connectivity index (χ3n) is 3.58. The van der Waals surface area contributed by atoms with Gasteiger partial charge in [0.2, 0.25) is 0 Å². The molecule has 0 aliphatic carbocycles. The average Bonchev–Trinajstić information content (AvgIpc) is 2.96.